The highest BCUT2D eigenvalue weighted by Crippen LogP contribution is 2.26. The zero-order chi connectivity index (χ0) is 15.1. The van der Waals surface area contributed by atoms with Crippen LogP contribution in [0.25, 0.3) is 0 Å². The van der Waals surface area contributed by atoms with Crippen LogP contribution in [0.15, 0.2) is 18.2 Å². The van der Waals surface area contributed by atoms with Crippen molar-refractivity contribution in [2.45, 2.75) is 39.8 Å². The molecule has 1 rings (SSSR count). The molecular formula is C15H24FN3O. The zero-order valence-electron chi connectivity index (χ0n) is 12.4. The van der Waals surface area contributed by atoms with Gasteiger partial charge < -0.3 is 16.0 Å². The maximum atomic E-state index is 14.2. The largest absolute Gasteiger partial charge is 0.368 e. The molecule has 0 bridgehead atoms. The number of anilines is 1. The van der Waals surface area contributed by atoms with Crippen molar-refractivity contribution in [1.29, 1.82) is 0 Å². The van der Waals surface area contributed by atoms with E-state index in [1.807, 2.05) is 19.9 Å². The number of hydrogen-bond donors (Lipinski definition) is 2. The van der Waals surface area contributed by atoms with Gasteiger partial charge >= 0.3 is 0 Å². The van der Waals surface area contributed by atoms with Gasteiger partial charge in [0.05, 0.1) is 12.2 Å². The molecule has 0 fully saturated rings. The van der Waals surface area contributed by atoms with Gasteiger partial charge in [-0.05, 0) is 38.4 Å². The molecule has 3 N–H and O–H groups in total. The molecule has 112 valence electrons. The molecule has 5 heteroatoms. The van der Waals surface area contributed by atoms with Gasteiger partial charge in [0.25, 0.3) is 0 Å². The minimum atomic E-state index is -0.463. The molecule has 20 heavy (non-hydrogen) atoms. The highest BCUT2D eigenvalue weighted by atomic mass is 19.1. The number of para-hydroxylation sites is 1. The van der Waals surface area contributed by atoms with Crippen molar-refractivity contribution >= 4 is 11.6 Å². The van der Waals surface area contributed by atoms with Crippen LogP contribution in [0.1, 0.15) is 32.8 Å². The smallest absolute Gasteiger partial charge is 0.236 e. The molecule has 0 atom stereocenters. The highest BCUT2D eigenvalue weighted by Gasteiger charge is 2.20. The summed E-state index contributed by atoms with van der Waals surface area (Å²) in [5.41, 5.74) is 6.58. The number of nitrogens with one attached hydrogen (secondary N) is 1. The Labute approximate surface area is 120 Å². The molecule has 4 nitrogen and oxygen atoms in total. The first-order valence-electron chi connectivity index (χ1n) is 7.00. The predicted octanol–water partition coefficient (Wildman–Crippen LogP) is 2.03. The van der Waals surface area contributed by atoms with Crippen molar-refractivity contribution in [3.8, 4) is 0 Å². The van der Waals surface area contributed by atoms with E-state index in [0.29, 0.717) is 12.2 Å². The van der Waals surface area contributed by atoms with Gasteiger partial charge in [0.15, 0.2) is 0 Å². The summed E-state index contributed by atoms with van der Waals surface area (Å²) in [4.78, 5) is 12.9. The second-order valence-electron chi connectivity index (χ2n) is 5.11. The van der Waals surface area contributed by atoms with E-state index in [-0.39, 0.29) is 18.4 Å². The number of primary amides is 1. The Kier molecular flexibility index (Phi) is 6.45. The fourth-order valence-electron chi connectivity index (χ4n) is 2.11. The Hall–Kier alpha value is -1.62. The molecule has 0 aliphatic carbocycles. The van der Waals surface area contributed by atoms with Gasteiger partial charge in [0.2, 0.25) is 5.91 Å². The molecule has 0 spiro atoms. The van der Waals surface area contributed by atoms with Crippen LogP contribution in [-0.4, -0.2) is 25.0 Å². The summed E-state index contributed by atoms with van der Waals surface area (Å²) in [5.74, 6) is -0.787. The number of nitrogens with two attached hydrogens (primary N) is 1. The van der Waals surface area contributed by atoms with E-state index >= 15 is 0 Å². The van der Waals surface area contributed by atoms with E-state index in [2.05, 4.69) is 12.2 Å². The van der Waals surface area contributed by atoms with E-state index in [1.54, 1.807) is 11.0 Å². The normalized spacial score (nSPS) is 10.8. The minimum absolute atomic E-state index is 0.00988. The Morgan fingerprint density at radius 2 is 2.15 bits per heavy atom. The van der Waals surface area contributed by atoms with E-state index in [1.165, 1.54) is 6.07 Å². The van der Waals surface area contributed by atoms with Crippen LogP contribution in [0.4, 0.5) is 10.1 Å². The molecule has 1 aromatic rings. The molecule has 0 unspecified atom stereocenters. The Bertz CT molecular complexity index is 449. The first-order chi connectivity index (χ1) is 9.47. The lowest BCUT2D eigenvalue weighted by molar-refractivity contribution is -0.116. The van der Waals surface area contributed by atoms with E-state index in [4.69, 9.17) is 5.73 Å². The quantitative estimate of drug-likeness (QED) is 0.717. The summed E-state index contributed by atoms with van der Waals surface area (Å²) in [6, 6.07) is 4.96. The predicted molar refractivity (Wildman–Crippen MR) is 80.1 cm³/mol. The second-order valence-corrected chi connectivity index (χ2v) is 5.11. The highest BCUT2D eigenvalue weighted by molar-refractivity contribution is 5.80. The lowest BCUT2D eigenvalue weighted by atomic mass is 10.1. The SMILES string of the molecule is CCCNCc1cccc(F)c1N(CC(N)=O)C(C)C. The first-order valence-corrected chi connectivity index (χ1v) is 7.00. The molecule has 0 aliphatic heterocycles. The van der Waals surface area contributed by atoms with Gasteiger partial charge in [-0.1, -0.05) is 19.1 Å². The summed E-state index contributed by atoms with van der Waals surface area (Å²) < 4.78 is 14.2. The number of hydrogen-bond acceptors (Lipinski definition) is 3. The third kappa shape index (κ3) is 4.49. The fraction of sp³-hybridized carbons (Fsp3) is 0.533. The molecule has 1 aromatic carbocycles. The number of nitrogens with zero attached hydrogens (tertiary/aromatic N) is 1. The van der Waals surface area contributed by atoms with E-state index < -0.39 is 5.91 Å². The van der Waals surface area contributed by atoms with Gasteiger partial charge in [0, 0.05) is 12.6 Å². The molecule has 0 heterocycles. The van der Waals surface area contributed by atoms with Crippen LogP contribution in [-0.2, 0) is 11.3 Å². The molecule has 1 amide bonds. The van der Waals surface area contributed by atoms with Gasteiger partial charge in [-0.2, -0.15) is 0 Å². The van der Waals surface area contributed by atoms with Crippen LogP contribution in [0.5, 0.6) is 0 Å². The third-order valence-corrected chi connectivity index (χ3v) is 3.05. The van der Waals surface area contributed by atoms with E-state index in [0.717, 1.165) is 18.5 Å². The van der Waals surface area contributed by atoms with Gasteiger partial charge in [0.1, 0.15) is 5.82 Å². The number of halogens is 1. The molecule has 0 saturated heterocycles. The van der Waals surface area contributed by atoms with Crippen molar-refractivity contribution in [3.05, 3.63) is 29.6 Å². The number of amides is 1. The van der Waals surface area contributed by atoms with Gasteiger partial charge in [-0.3, -0.25) is 4.79 Å². The molecule has 0 aromatic heterocycles. The van der Waals surface area contributed by atoms with Crippen molar-refractivity contribution in [2.75, 3.05) is 18.0 Å². The monoisotopic (exact) mass is 281 g/mol. The maximum Gasteiger partial charge on any atom is 0.236 e. The van der Waals surface area contributed by atoms with Crippen molar-refractivity contribution in [1.82, 2.24) is 5.32 Å². The minimum Gasteiger partial charge on any atom is -0.368 e. The molecule has 0 saturated carbocycles. The van der Waals surface area contributed by atoms with Crippen molar-refractivity contribution < 1.29 is 9.18 Å². The van der Waals surface area contributed by atoms with Crippen LogP contribution in [0.2, 0.25) is 0 Å². The van der Waals surface area contributed by atoms with Crippen LogP contribution in [0.3, 0.4) is 0 Å². The number of rotatable bonds is 8. The van der Waals surface area contributed by atoms with Crippen LogP contribution < -0.4 is 16.0 Å². The average Bonchev–Trinajstić information content (AvgIpc) is 2.36. The first kappa shape index (κ1) is 16.4. The number of carbonyl (C=O) groups excluding carboxylic acids is 1. The lowest BCUT2D eigenvalue weighted by Crippen LogP contribution is -2.40. The molecular weight excluding hydrogens is 257 g/mol. The standard InChI is InChI=1S/C15H24FN3O/c1-4-8-18-9-12-6-5-7-13(16)15(12)19(11(2)3)10-14(17)20/h5-7,11,18H,4,8-10H2,1-3H3,(H2,17,20). The molecule has 0 aliphatic rings. The summed E-state index contributed by atoms with van der Waals surface area (Å²) in [5, 5.41) is 3.26. The fourth-order valence-corrected chi connectivity index (χ4v) is 2.11. The maximum absolute atomic E-state index is 14.2. The number of carbonyl (C=O) groups is 1. The Morgan fingerprint density at radius 1 is 1.45 bits per heavy atom. The topological polar surface area (TPSA) is 58.4 Å². The van der Waals surface area contributed by atoms with Crippen molar-refractivity contribution in [2.24, 2.45) is 5.73 Å². The Morgan fingerprint density at radius 3 is 2.70 bits per heavy atom. The molecule has 0 radical (unpaired) electrons. The third-order valence-electron chi connectivity index (χ3n) is 3.05. The summed E-state index contributed by atoms with van der Waals surface area (Å²) in [6.45, 7) is 7.36. The Balaban J connectivity index is 3.07. The van der Waals surface area contributed by atoms with E-state index in [9.17, 15) is 9.18 Å². The average molecular weight is 281 g/mol. The summed E-state index contributed by atoms with van der Waals surface area (Å²) in [6.07, 6.45) is 1.01. The van der Waals surface area contributed by atoms with Gasteiger partial charge in [-0.25, -0.2) is 4.39 Å². The van der Waals surface area contributed by atoms with Gasteiger partial charge in [-0.15, -0.1) is 0 Å². The van der Waals surface area contributed by atoms with Crippen LogP contribution in [0, 0.1) is 5.82 Å². The van der Waals surface area contributed by atoms with Crippen molar-refractivity contribution in [3.63, 3.8) is 0 Å². The summed E-state index contributed by atoms with van der Waals surface area (Å²) in [7, 11) is 0. The summed E-state index contributed by atoms with van der Waals surface area (Å²) >= 11 is 0. The number of benzene rings is 1. The van der Waals surface area contributed by atoms with Crippen LogP contribution >= 0.6 is 0 Å². The second kappa shape index (κ2) is 7.85. The lowest BCUT2D eigenvalue weighted by Gasteiger charge is -2.30. The zero-order valence-corrected chi connectivity index (χ0v) is 12.4.